The molecule has 246 valence electrons. The van der Waals surface area contributed by atoms with Gasteiger partial charge in [0.15, 0.2) is 0 Å². The van der Waals surface area contributed by atoms with Crippen LogP contribution in [0.1, 0.15) is 117 Å². The van der Waals surface area contributed by atoms with Gasteiger partial charge in [0.05, 0.1) is 39.9 Å². The van der Waals surface area contributed by atoms with E-state index in [9.17, 15) is 19.4 Å². The van der Waals surface area contributed by atoms with E-state index in [1.54, 1.807) is 6.08 Å². The maximum atomic E-state index is 12.6. The highest BCUT2D eigenvalue weighted by Crippen LogP contribution is 2.38. The van der Waals surface area contributed by atoms with Crippen LogP contribution in [0.15, 0.2) is 36.5 Å². The summed E-state index contributed by atoms with van der Waals surface area (Å²) in [4.78, 5) is 24.8. The van der Waals surface area contributed by atoms with Crippen LogP contribution in [0, 0.1) is 0 Å². The van der Waals surface area contributed by atoms with Gasteiger partial charge in [0.25, 0.3) is 7.82 Å². The number of aliphatic hydroxyl groups excluding tert-OH is 1. The number of phosphoric ester groups is 1. The molecule has 42 heavy (non-hydrogen) atoms. The second-order valence-electron chi connectivity index (χ2n) is 12.2. The van der Waals surface area contributed by atoms with Gasteiger partial charge in [0, 0.05) is 6.42 Å². The smallest absolute Gasteiger partial charge is 0.268 e. The Hall–Kier alpha value is -1.28. The van der Waals surface area contributed by atoms with Crippen molar-refractivity contribution in [1.82, 2.24) is 5.32 Å². The summed E-state index contributed by atoms with van der Waals surface area (Å²) in [6.07, 6.45) is 28.1. The summed E-state index contributed by atoms with van der Waals surface area (Å²) in [6, 6.07) is -0.887. The third-order valence-electron chi connectivity index (χ3n) is 6.84. The number of unbranched alkanes of at least 4 members (excludes halogenated alkanes) is 11. The number of phosphoric acid groups is 1. The van der Waals surface area contributed by atoms with Crippen LogP contribution in [0.5, 0.6) is 0 Å². The highest BCUT2D eigenvalue weighted by atomic mass is 31.2. The van der Waals surface area contributed by atoms with E-state index in [2.05, 4.69) is 43.5 Å². The number of amides is 1. The van der Waals surface area contributed by atoms with Gasteiger partial charge in [-0.05, 0) is 44.9 Å². The zero-order valence-electron chi connectivity index (χ0n) is 27.4. The first-order chi connectivity index (χ1) is 20.0. The number of carbonyl (C=O) groups is 1. The summed E-state index contributed by atoms with van der Waals surface area (Å²) in [5, 5.41) is 13.4. The molecule has 0 saturated carbocycles. The van der Waals surface area contributed by atoms with Crippen LogP contribution in [-0.2, 0) is 18.4 Å². The summed E-state index contributed by atoms with van der Waals surface area (Å²) in [7, 11) is 1.23. The Labute approximate surface area is 257 Å². The Morgan fingerprint density at radius 1 is 0.833 bits per heavy atom. The van der Waals surface area contributed by atoms with Crippen molar-refractivity contribution in [2.24, 2.45) is 0 Å². The number of nitrogens with one attached hydrogen (secondary N) is 1. The predicted octanol–water partition coefficient (Wildman–Crippen LogP) is 6.99. The lowest BCUT2D eigenvalue weighted by Crippen LogP contribution is -2.45. The van der Waals surface area contributed by atoms with Crippen molar-refractivity contribution in [3.63, 3.8) is 0 Å². The van der Waals surface area contributed by atoms with Crippen LogP contribution < -0.4 is 10.2 Å². The summed E-state index contributed by atoms with van der Waals surface area (Å²) < 4.78 is 22.8. The second-order valence-corrected chi connectivity index (χ2v) is 13.6. The zero-order valence-corrected chi connectivity index (χ0v) is 28.3. The van der Waals surface area contributed by atoms with Crippen molar-refractivity contribution in [1.29, 1.82) is 0 Å². The molecule has 3 atom stereocenters. The first-order valence-electron chi connectivity index (χ1n) is 16.4. The first kappa shape index (κ1) is 40.7. The van der Waals surface area contributed by atoms with Gasteiger partial charge >= 0.3 is 0 Å². The number of aliphatic hydroxyl groups is 1. The minimum atomic E-state index is -4.56. The Balaban J connectivity index is 4.36. The molecule has 1 amide bonds. The van der Waals surface area contributed by atoms with E-state index >= 15 is 0 Å². The van der Waals surface area contributed by atoms with Crippen molar-refractivity contribution < 1.29 is 32.9 Å². The molecule has 3 unspecified atom stereocenters. The maximum absolute atomic E-state index is 12.6. The Bertz CT molecular complexity index is 794. The molecule has 9 heteroatoms. The number of nitrogens with zero attached hydrogens (tertiary/aromatic N) is 1. The van der Waals surface area contributed by atoms with E-state index in [1.165, 1.54) is 32.1 Å². The van der Waals surface area contributed by atoms with Crippen LogP contribution in [0.2, 0.25) is 0 Å². The SMILES string of the molecule is CCCC/C=C/C(O)C(COP(=O)([O-])OCC[N+](C)(C)C)NC(=O)CCCCCCC/C=C\C/C=C\CCCCCC. The quantitative estimate of drug-likeness (QED) is 0.0426. The van der Waals surface area contributed by atoms with E-state index in [0.717, 1.165) is 64.2 Å². The van der Waals surface area contributed by atoms with E-state index in [0.29, 0.717) is 17.4 Å². The fourth-order valence-electron chi connectivity index (χ4n) is 4.11. The molecule has 8 nitrogen and oxygen atoms in total. The van der Waals surface area contributed by atoms with Gasteiger partial charge < -0.3 is 28.8 Å². The van der Waals surface area contributed by atoms with Gasteiger partial charge in [-0.1, -0.05) is 102 Å². The monoisotopic (exact) mass is 614 g/mol. The van der Waals surface area contributed by atoms with Crippen LogP contribution >= 0.6 is 7.82 Å². The first-order valence-corrected chi connectivity index (χ1v) is 17.8. The highest BCUT2D eigenvalue weighted by molar-refractivity contribution is 7.45. The normalized spacial score (nSPS) is 15.5. The van der Waals surface area contributed by atoms with Crippen LogP contribution in [0.25, 0.3) is 0 Å². The van der Waals surface area contributed by atoms with E-state index in [1.807, 2.05) is 27.2 Å². The van der Waals surface area contributed by atoms with E-state index < -0.39 is 26.6 Å². The summed E-state index contributed by atoms with van der Waals surface area (Å²) >= 11 is 0. The fraction of sp³-hybridized carbons (Fsp3) is 0.788. The van der Waals surface area contributed by atoms with Crippen molar-refractivity contribution in [2.75, 3.05) is 40.9 Å². The van der Waals surface area contributed by atoms with E-state index in [4.69, 9.17) is 9.05 Å². The Kier molecular flexibility index (Phi) is 25.4. The molecule has 2 N–H and O–H groups in total. The van der Waals surface area contributed by atoms with Crippen LogP contribution in [-0.4, -0.2) is 68.5 Å². The molecule has 0 rings (SSSR count). The number of carbonyl (C=O) groups excluding carboxylic acids is 1. The van der Waals surface area contributed by atoms with E-state index in [-0.39, 0.29) is 12.5 Å². The molecule has 0 radical (unpaired) electrons. The third kappa shape index (κ3) is 27.5. The third-order valence-corrected chi connectivity index (χ3v) is 7.81. The fourth-order valence-corrected chi connectivity index (χ4v) is 4.83. The number of allylic oxidation sites excluding steroid dienone is 5. The summed E-state index contributed by atoms with van der Waals surface area (Å²) in [5.74, 6) is -0.224. The molecule has 0 saturated heterocycles. The molecule has 0 aliphatic carbocycles. The number of hydrogen-bond donors (Lipinski definition) is 2. The molecule has 0 aliphatic rings. The largest absolute Gasteiger partial charge is 0.756 e. The van der Waals surface area contributed by atoms with Gasteiger partial charge in [0.2, 0.25) is 5.91 Å². The lowest BCUT2D eigenvalue weighted by atomic mass is 10.1. The lowest BCUT2D eigenvalue weighted by Gasteiger charge is -2.29. The van der Waals surface area contributed by atoms with Crippen LogP contribution in [0.4, 0.5) is 0 Å². The molecular formula is C33H63N2O6P. The number of hydrogen-bond acceptors (Lipinski definition) is 6. The van der Waals surface area contributed by atoms with Crippen molar-refractivity contribution >= 4 is 13.7 Å². The van der Waals surface area contributed by atoms with Gasteiger partial charge in [-0.15, -0.1) is 0 Å². The molecule has 0 bridgehead atoms. The topological polar surface area (TPSA) is 108 Å². The van der Waals surface area contributed by atoms with Gasteiger partial charge in [-0.25, -0.2) is 0 Å². The lowest BCUT2D eigenvalue weighted by molar-refractivity contribution is -0.870. The summed E-state index contributed by atoms with van der Waals surface area (Å²) in [5.41, 5.74) is 0. The van der Waals surface area contributed by atoms with Crippen molar-refractivity contribution in [3.8, 4) is 0 Å². The molecule has 0 fully saturated rings. The minimum Gasteiger partial charge on any atom is -0.756 e. The minimum absolute atomic E-state index is 0.00629. The molecule has 0 heterocycles. The molecule has 0 aromatic carbocycles. The van der Waals surface area contributed by atoms with Gasteiger partial charge in [-0.3, -0.25) is 9.36 Å². The Morgan fingerprint density at radius 3 is 2.02 bits per heavy atom. The highest BCUT2D eigenvalue weighted by Gasteiger charge is 2.23. The van der Waals surface area contributed by atoms with Crippen LogP contribution in [0.3, 0.4) is 0 Å². The molecule has 0 aromatic rings. The van der Waals surface area contributed by atoms with Crippen molar-refractivity contribution in [3.05, 3.63) is 36.5 Å². The number of likely N-dealkylation sites (N-methyl/N-ethyl adjacent to an activating group) is 1. The van der Waals surface area contributed by atoms with Crippen molar-refractivity contribution in [2.45, 2.75) is 129 Å². The number of rotatable bonds is 28. The molecule has 0 aromatic heterocycles. The maximum Gasteiger partial charge on any atom is 0.268 e. The summed E-state index contributed by atoms with van der Waals surface area (Å²) in [6.45, 7) is 4.41. The molecule has 0 aliphatic heterocycles. The standard InChI is InChI=1S/C33H63N2O6P/c1-6-8-10-12-13-14-15-16-17-18-19-20-21-22-23-25-27-33(37)34-31(32(36)26-24-11-9-7-2)30-41-42(38,39)40-29-28-35(3,4)5/h14-15,17-18,24,26,31-32,36H,6-13,16,19-23,25,27-30H2,1-5H3,(H-,34,37,38,39)/b15-14-,18-17-,26-24+. The van der Waals surface area contributed by atoms with Gasteiger partial charge in [-0.2, -0.15) is 0 Å². The average Bonchev–Trinajstić information content (AvgIpc) is 2.92. The molecule has 0 spiro atoms. The zero-order chi connectivity index (χ0) is 31.5. The Morgan fingerprint density at radius 2 is 1.40 bits per heavy atom. The molecular weight excluding hydrogens is 551 g/mol. The number of quaternary nitrogens is 1. The van der Waals surface area contributed by atoms with Gasteiger partial charge in [0.1, 0.15) is 13.2 Å². The predicted molar refractivity (Wildman–Crippen MR) is 173 cm³/mol. The second kappa shape index (κ2) is 26.2. The average molecular weight is 615 g/mol.